The van der Waals surface area contributed by atoms with E-state index in [0.717, 1.165) is 11.3 Å². The molecule has 0 saturated heterocycles. The van der Waals surface area contributed by atoms with Crippen molar-refractivity contribution in [2.45, 2.75) is 10.6 Å². The summed E-state index contributed by atoms with van der Waals surface area (Å²) in [5.41, 5.74) is 7.10. The van der Waals surface area contributed by atoms with Crippen LogP contribution in [0.2, 0.25) is 5.02 Å². The summed E-state index contributed by atoms with van der Waals surface area (Å²) in [5.74, 6) is 1.22. The summed E-state index contributed by atoms with van der Waals surface area (Å²) in [6.45, 7) is 0. The molecule has 0 aliphatic heterocycles. The molecule has 0 saturated carbocycles. The fourth-order valence-corrected chi connectivity index (χ4v) is 2.98. The number of ether oxygens (including phenoxy) is 1. The number of rotatable bonds is 4. The zero-order chi connectivity index (χ0) is 13.8. The Bertz CT molecular complexity index is 599. The van der Waals surface area contributed by atoms with Crippen molar-refractivity contribution in [3.05, 3.63) is 53.1 Å². The van der Waals surface area contributed by atoms with Crippen molar-refractivity contribution in [2.24, 2.45) is 0 Å². The van der Waals surface area contributed by atoms with Gasteiger partial charge in [0.1, 0.15) is 5.75 Å². The fourth-order valence-electron chi connectivity index (χ4n) is 1.61. The number of halogens is 1. The Balaban J connectivity index is 2.13. The summed E-state index contributed by atoms with van der Waals surface area (Å²) in [5, 5.41) is 0.431. The highest BCUT2D eigenvalue weighted by Gasteiger charge is 2.07. The lowest BCUT2D eigenvalue weighted by Gasteiger charge is -2.06. The number of benzene rings is 2. The molecule has 0 amide bonds. The van der Waals surface area contributed by atoms with Crippen molar-refractivity contribution < 1.29 is 8.95 Å². The molecule has 1 atom stereocenters. The molecule has 2 aromatic carbocycles. The van der Waals surface area contributed by atoms with E-state index >= 15 is 0 Å². The Morgan fingerprint density at radius 3 is 2.47 bits per heavy atom. The number of hydrogen-bond acceptors (Lipinski definition) is 3. The molecule has 0 bridgehead atoms. The minimum Gasteiger partial charge on any atom is -0.497 e. The van der Waals surface area contributed by atoms with Gasteiger partial charge in [0.05, 0.1) is 34.4 Å². The van der Waals surface area contributed by atoms with Crippen molar-refractivity contribution in [2.75, 3.05) is 12.8 Å². The summed E-state index contributed by atoms with van der Waals surface area (Å²) >= 11 is 5.92. The van der Waals surface area contributed by atoms with E-state index in [0.29, 0.717) is 21.4 Å². The molecule has 5 heteroatoms. The molecule has 2 aromatic rings. The van der Waals surface area contributed by atoms with Crippen molar-refractivity contribution >= 4 is 28.1 Å². The Labute approximate surface area is 119 Å². The summed E-state index contributed by atoms with van der Waals surface area (Å²) in [6.07, 6.45) is 0. The van der Waals surface area contributed by atoms with E-state index in [1.165, 1.54) is 0 Å². The van der Waals surface area contributed by atoms with E-state index in [2.05, 4.69) is 0 Å². The summed E-state index contributed by atoms with van der Waals surface area (Å²) in [4.78, 5) is 0.676. The van der Waals surface area contributed by atoms with Gasteiger partial charge in [-0.25, -0.2) is 0 Å². The van der Waals surface area contributed by atoms with Gasteiger partial charge in [-0.1, -0.05) is 23.7 Å². The van der Waals surface area contributed by atoms with Gasteiger partial charge in [0.25, 0.3) is 0 Å². The van der Waals surface area contributed by atoms with Crippen LogP contribution in [0.1, 0.15) is 5.56 Å². The lowest BCUT2D eigenvalue weighted by molar-refractivity contribution is 0.414. The molecule has 1 unspecified atom stereocenters. The van der Waals surface area contributed by atoms with E-state index in [1.54, 1.807) is 25.3 Å². The second kappa shape index (κ2) is 6.08. The zero-order valence-electron chi connectivity index (χ0n) is 10.4. The first-order valence-electron chi connectivity index (χ1n) is 5.66. The molecule has 3 nitrogen and oxygen atoms in total. The van der Waals surface area contributed by atoms with Crippen LogP contribution in [0.5, 0.6) is 5.75 Å². The summed E-state index contributed by atoms with van der Waals surface area (Å²) in [6, 6.07) is 12.6. The van der Waals surface area contributed by atoms with Crippen LogP contribution in [0, 0.1) is 0 Å². The number of methoxy groups -OCH3 is 1. The molecule has 0 aromatic heterocycles. The Kier molecular flexibility index (Phi) is 4.45. The molecule has 100 valence electrons. The Morgan fingerprint density at radius 2 is 1.89 bits per heavy atom. The number of hydrogen-bond donors (Lipinski definition) is 1. The first kappa shape index (κ1) is 13.9. The lowest BCUT2D eigenvalue weighted by atomic mass is 10.2. The van der Waals surface area contributed by atoms with Crippen LogP contribution in [0.15, 0.2) is 47.4 Å². The summed E-state index contributed by atoms with van der Waals surface area (Å²) in [7, 11) is 0.472. The van der Waals surface area contributed by atoms with E-state index in [4.69, 9.17) is 22.1 Å². The zero-order valence-corrected chi connectivity index (χ0v) is 12.0. The molecule has 0 aliphatic rings. The largest absolute Gasteiger partial charge is 0.497 e. The molecule has 0 heterocycles. The highest BCUT2D eigenvalue weighted by Crippen LogP contribution is 2.23. The fraction of sp³-hybridized carbons (Fsp3) is 0.143. The number of nitrogen functional groups attached to an aromatic ring is 1. The first-order valence-corrected chi connectivity index (χ1v) is 7.36. The van der Waals surface area contributed by atoms with Gasteiger partial charge in [0.2, 0.25) is 0 Å². The smallest absolute Gasteiger partial charge is 0.118 e. The molecular weight excluding hydrogens is 282 g/mol. The van der Waals surface area contributed by atoms with Gasteiger partial charge >= 0.3 is 0 Å². The van der Waals surface area contributed by atoms with Crippen LogP contribution < -0.4 is 10.5 Å². The van der Waals surface area contributed by atoms with Crippen molar-refractivity contribution in [3.8, 4) is 5.75 Å². The van der Waals surface area contributed by atoms with Crippen LogP contribution in [0.3, 0.4) is 0 Å². The minimum atomic E-state index is -1.14. The molecule has 0 radical (unpaired) electrons. The molecule has 0 spiro atoms. The number of anilines is 1. The molecule has 0 fully saturated rings. The van der Waals surface area contributed by atoms with Crippen LogP contribution >= 0.6 is 11.6 Å². The predicted octanol–water partition coefficient (Wildman–Crippen LogP) is 3.24. The van der Waals surface area contributed by atoms with Gasteiger partial charge in [-0.05, 0) is 35.9 Å². The van der Waals surface area contributed by atoms with Crippen molar-refractivity contribution in [1.82, 2.24) is 0 Å². The molecule has 2 rings (SSSR count). The van der Waals surface area contributed by atoms with Crippen LogP contribution in [0.4, 0.5) is 5.69 Å². The van der Waals surface area contributed by atoms with Gasteiger partial charge in [-0.15, -0.1) is 0 Å². The topological polar surface area (TPSA) is 52.3 Å². The predicted molar refractivity (Wildman–Crippen MR) is 79.0 cm³/mol. The van der Waals surface area contributed by atoms with E-state index in [-0.39, 0.29) is 0 Å². The lowest BCUT2D eigenvalue weighted by Crippen LogP contribution is -1.97. The van der Waals surface area contributed by atoms with Gasteiger partial charge in [-0.3, -0.25) is 4.21 Å². The maximum absolute atomic E-state index is 12.2. The first-order chi connectivity index (χ1) is 9.10. The highest BCUT2D eigenvalue weighted by molar-refractivity contribution is 7.84. The minimum absolute atomic E-state index is 0.431. The SMILES string of the molecule is COc1ccc(CS(=O)c2ccc(N)c(Cl)c2)cc1. The van der Waals surface area contributed by atoms with Crippen LogP contribution in [-0.4, -0.2) is 11.3 Å². The molecular formula is C14H14ClNO2S. The maximum atomic E-state index is 12.2. The van der Waals surface area contributed by atoms with Crippen molar-refractivity contribution in [1.29, 1.82) is 0 Å². The third-order valence-electron chi connectivity index (χ3n) is 2.69. The van der Waals surface area contributed by atoms with Gasteiger partial charge in [0, 0.05) is 4.90 Å². The van der Waals surface area contributed by atoms with Crippen molar-refractivity contribution in [3.63, 3.8) is 0 Å². The number of nitrogens with two attached hydrogens (primary N) is 1. The maximum Gasteiger partial charge on any atom is 0.118 e. The molecule has 19 heavy (non-hydrogen) atoms. The quantitative estimate of drug-likeness (QED) is 0.881. The van der Waals surface area contributed by atoms with E-state index in [1.807, 2.05) is 24.3 Å². The second-order valence-corrected chi connectivity index (χ2v) is 5.88. The van der Waals surface area contributed by atoms with E-state index < -0.39 is 10.8 Å². The summed E-state index contributed by atoms with van der Waals surface area (Å²) < 4.78 is 17.3. The normalized spacial score (nSPS) is 12.1. The third kappa shape index (κ3) is 3.49. The average molecular weight is 296 g/mol. The Hall–Kier alpha value is -1.52. The van der Waals surface area contributed by atoms with E-state index in [9.17, 15) is 4.21 Å². The second-order valence-electron chi connectivity index (χ2n) is 4.02. The Morgan fingerprint density at radius 1 is 1.21 bits per heavy atom. The van der Waals surface area contributed by atoms with Crippen LogP contribution in [0.25, 0.3) is 0 Å². The standard InChI is InChI=1S/C14H14ClNO2S/c1-18-11-4-2-10(3-5-11)9-19(17)12-6-7-14(16)13(15)8-12/h2-8H,9,16H2,1H3. The highest BCUT2D eigenvalue weighted by atomic mass is 35.5. The monoisotopic (exact) mass is 295 g/mol. The average Bonchev–Trinajstić information content (AvgIpc) is 2.42. The molecule has 2 N–H and O–H groups in total. The van der Waals surface area contributed by atoms with Gasteiger partial charge in [0.15, 0.2) is 0 Å². The molecule has 0 aliphatic carbocycles. The van der Waals surface area contributed by atoms with Gasteiger partial charge < -0.3 is 10.5 Å². The third-order valence-corrected chi connectivity index (χ3v) is 4.39. The van der Waals surface area contributed by atoms with Crippen LogP contribution in [-0.2, 0) is 16.6 Å². The van der Waals surface area contributed by atoms with Gasteiger partial charge in [-0.2, -0.15) is 0 Å².